The van der Waals surface area contributed by atoms with Gasteiger partial charge < -0.3 is 0 Å². The van der Waals surface area contributed by atoms with E-state index in [4.69, 9.17) is 24.9 Å². The van der Waals surface area contributed by atoms with Crippen LogP contribution in [0.2, 0.25) is 0 Å². The quantitative estimate of drug-likeness (QED) is 0.185. The second-order valence-electron chi connectivity index (χ2n) is 11.3. The number of benzene rings is 4. The lowest BCUT2D eigenvalue weighted by molar-refractivity contribution is 1.06. The van der Waals surface area contributed by atoms with E-state index < -0.39 is 0 Å². The van der Waals surface area contributed by atoms with E-state index in [1.807, 2.05) is 80.6 Å². The molecule has 0 fully saturated rings. The minimum Gasteiger partial charge on any atom is -0.253 e. The van der Waals surface area contributed by atoms with Crippen molar-refractivity contribution in [2.24, 2.45) is 0 Å². The van der Waals surface area contributed by atoms with Crippen LogP contribution in [0.4, 0.5) is 0 Å². The second kappa shape index (κ2) is 11.4. The Balaban J connectivity index is 1.18. The van der Waals surface area contributed by atoms with Crippen molar-refractivity contribution in [2.75, 3.05) is 0 Å². The van der Waals surface area contributed by atoms with Crippen LogP contribution in [0.15, 0.2) is 134 Å². The van der Waals surface area contributed by atoms with Gasteiger partial charge in [0.1, 0.15) is 5.69 Å². The number of fused-ring (bicyclic) bond motifs is 3. The monoisotopic (exact) mass is 592 g/mol. The van der Waals surface area contributed by atoms with Gasteiger partial charge in [-0.15, -0.1) is 0 Å². The van der Waals surface area contributed by atoms with E-state index in [9.17, 15) is 0 Å². The molecule has 218 valence electrons. The number of nitrogens with zero attached hydrogens (tertiary/aromatic N) is 6. The smallest absolute Gasteiger partial charge is 0.182 e. The first-order valence-corrected chi connectivity index (χ1v) is 15.2. The van der Waals surface area contributed by atoms with Gasteiger partial charge in [0.25, 0.3) is 0 Å². The van der Waals surface area contributed by atoms with E-state index in [0.29, 0.717) is 23.2 Å². The molecule has 0 aliphatic rings. The van der Waals surface area contributed by atoms with Crippen molar-refractivity contribution in [2.45, 2.75) is 13.8 Å². The molecule has 0 N–H and O–H groups in total. The number of pyridine rings is 3. The Kier molecular flexibility index (Phi) is 6.80. The Hall–Kier alpha value is -6.14. The lowest BCUT2D eigenvalue weighted by Gasteiger charge is -2.12. The first-order chi connectivity index (χ1) is 22.6. The Labute approximate surface area is 266 Å². The first kappa shape index (κ1) is 27.4. The standard InChI is InChI=1S/C40H28N6/c1-25-14-15-29-20-21-33-34(23-26(2)43-37(33)36(29)42-25)28-18-16-27(17-19-28)31-11-8-12-32(24-31)39-44-38(30-9-4-3-5-10-30)45-40(46-39)35-13-6-7-22-41-35/h3-24H,1-2H3. The molecule has 0 amide bonds. The van der Waals surface area contributed by atoms with Crippen molar-refractivity contribution < 1.29 is 0 Å². The van der Waals surface area contributed by atoms with Crippen LogP contribution in [0.25, 0.3) is 78.4 Å². The molecule has 46 heavy (non-hydrogen) atoms. The molecule has 0 unspecified atom stereocenters. The van der Waals surface area contributed by atoms with Gasteiger partial charge in [0, 0.05) is 39.5 Å². The van der Waals surface area contributed by atoms with Gasteiger partial charge >= 0.3 is 0 Å². The van der Waals surface area contributed by atoms with E-state index in [1.54, 1.807) is 6.20 Å². The SMILES string of the molecule is Cc1ccc2ccc3c(-c4ccc(-c5cccc(-c6nc(-c7ccccc7)nc(-c7ccccn7)n6)c5)cc4)cc(C)nc3c2n1. The maximum Gasteiger partial charge on any atom is 0.182 e. The topological polar surface area (TPSA) is 77.3 Å². The molecule has 6 nitrogen and oxygen atoms in total. The zero-order chi connectivity index (χ0) is 31.0. The number of hydrogen-bond acceptors (Lipinski definition) is 6. The summed E-state index contributed by atoms with van der Waals surface area (Å²) in [6.45, 7) is 4.06. The average Bonchev–Trinajstić information content (AvgIpc) is 3.12. The number of aryl methyl sites for hydroxylation is 2. The predicted molar refractivity (Wildman–Crippen MR) is 185 cm³/mol. The molecular formula is C40H28N6. The van der Waals surface area contributed by atoms with E-state index in [1.165, 1.54) is 0 Å². The molecule has 4 aromatic carbocycles. The fourth-order valence-corrected chi connectivity index (χ4v) is 5.85. The van der Waals surface area contributed by atoms with Crippen molar-refractivity contribution >= 4 is 21.8 Å². The summed E-state index contributed by atoms with van der Waals surface area (Å²) < 4.78 is 0. The van der Waals surface area contributed by atoms with Crippen LogP contribution >= 0.6 is 0 Å². The van der Waals surface area contributed by atoms with Gasteiger partial charge in [0.2, 0.25) is 0 Å². The van der Waals surface area contributed by atoms with Gasteiger partial charge in [-0.25, -0.2) is 15.0 Å². The van der Waals surface area contributed by atoms with Gasteiger partial charge in [-0.2, -0.15) is 0 Å². The van der Waals surface area contributed by atoms with Crippen molar-refractivity contribution in [1.29, 1.82) is 0 Å². The molecule has 0 atom stereocenters. The highest BCUT2D eigenvalue weighted by Gasteiger charge is 2.14. The summed E-state index contributed by atoms with van der Waals surface area (Å²) in [5.74, 6) is 1.75. The summed E-state index contributed by atoms with van der Waals surface area (Å²) in [6, 6.07) is 43.3. The van der Waals surface area contributed by atoms with E-state index in [-0.39, 0.29) is 0 Å². The first-order valence-electron chi connectivity index (χ1n) is 15.2. The highest BCUT2D eigenvalue weighted by atomic mass is 15.0. The normalized spacial score (nSPS) is 11.3. The molecule has 0 bridgehead atoms. The molecule has 4 heterocycles. The van der Waals surface area contributed by atoms with Crippen LogP contribution in [0, 0.1) is 13.8 Å². The summed E-state index contributed by atoms with van der Waals surface area (Å²) in [7, 11) is 0. The molecular weight excluding hydrogens is 564 g/mol. The molecule has 0 spiro atoms. The van der Waals surface area contributed by atoms with Crippen molar-refractivity contribution in [3.8, 4) is 56.5 Å². The van der Waals surface area contributed by atoms with Crippen LogP contribution in [0.1, 0.15) is 11.4 Å². The summed E-state index contributed by atoms with van der Waals surface area (Å²) in [5.41, 5.74) is 10.8. The zero-order valence-corrected chi connectivity index (χ0v) is 25.4. The molecule has 0 aliphatic heterocycles. The summed E-state index contributed by atoms with van der Waals surface area (Å²) in [4.78, 5) is 28.8. The van der Waals surface area contributed by atoms with Crippen molar-refractivity contribution in [3.63, 3.8) is 0 Å². The minimum atomic E-state index is 0.539. The highest BCUT2D eigenvalue weighted by molar-refractivity contribution is 6.08. The van der Waals surface area contributed by atoms with Gasteiger partial charge in [-0.3, -0.25) is 15.0 Å². The van der Waals surface area contributed by atoms with E-state index >= 15 is 0 Å². The molecule has 4 aromatic heterocycles. The largest absolute Gasteiger partial charge is 0.253 e. The fourth-order valence-electron chi connectivity index (χ4n) is 5.85. The van der Waals surface area contributed by atoms with Gasteiger partial charge in [0.15, 0.2) is 17.5 Å². The lowest BCUT2D eigenvalue weighted by Crippen LogP contribution is -2.01. The van der Waals surface area contributed by atoms with Crippen LogP contribution in [0.5, 0.6) is 0 Å². The summed E-state index contributed by atoms with van der Waals surface area (Å²) in [5, 5.41) is 2.19. The highest BCUT2D eigenvalue weighted by Crippen LogP contribution is 2.34. The summed E-state index contributed by atoms with van der Waals surface area (Å²) in [6.07, 6.45) is 1.75. The molecule has 8 rings (SSSR count). The molecule has 0 saturated carbocycles. The van der Waals surface area contributed by atoms with Crippen LogP contribution in [-0.2, 0) is 0 Å². The number of rotatable bonds is 5. The maximum absolute atomic E-state index is 4.90. The third-order valence-corrected chi connectivity index (χ3v) is 8.12. The van der Waals surface area contributed by atoms with Crippen LogP contribution in [-0.4, -0.2) is 29.9 Å². The third-order valence-electron chi connectivity index (χ3n) is 8.12. The molecule has 6 heteroatoms. The van der Waals surface area contributed by atoms with E-state index in [0.717, 1.165) is 66.6 Å². The Bertz CT molecular complexity index is 2310. The van der Waals surface area contributed by atoms with Gasteiger partial charge in [-0.1, -0.05) is 97.1 Å². The second-order valence-corrected chi connectivity index (χ2v) is 11.3. The van der Waals surface area contributed by atoms with Crippen molar-refractivity contribution in [3.05, 3.63) is 145 Å². The number of hydrogen-bond donors (Lipinski definition) is 0. The molecule has 0 aliphatic carbocycles. The summed E-state index contributed by atoms with van der Waals surface area (Å²) >= 11 is 0. The molecule has 8 aromatic rings. The average molecular weight is 593 g/mol. The Morgan fingerprint density at radius 3 is 1.89 bits per heavy atom. The third kappa shape index (κ3) is 5.16. The maximum atomic E-state index is 4.90. The number of aromatic nitrogens is 6. The zero-order valence-electron chi connectivity index (χ0n) is 25.4. The van der Waals surface area contributed by atoms with Gasteiger partial charge in [-0.05, 0) is 66.4 Å². The minimum absolute atomic E-state index is 0.539. The Morgan fingerprint density at radius 2 is 1.09 bits per heavy atom. The molecule has 0 saturated heterocycles. The fraction of sp³-hybridized carbons (Fsp3) is 0.0500. The van der Waals surface area contributed by atoms with E-state index in [2.05, 4.69) is 65.6 Å². The lowest BCUT2D eigenvalue weighted by atomic mass is 9.96. The van der Waals surface area contributed by atoms with Crippen LogP contribution < -0.4 is 0 Å². The Morgan fingerprint density at radius 1 is 0.413 bits per heavy atom. The van der Waals surface area contributed by atoms with Crippen LogP contribution in [0.3, 0.4) is 0 Å². The van der Waals surface area contributed by atoms with Gasteiger partial charge in [0.05, 0.1) is 11.0 Å². The molecule has 0 radical (unpaired) electrons. The predicted octanol–water partition coefficient (Wildman–Crippen LogP) is 9.31. The van der Waals surface area contributed by atoms with Crippen molar-refractivity contribution in [1.82, 2.24) is 29.9 Å².